The third kappa shape index (κ3) is 2.59. The fourth-order valence-electron chi connectivity index (χ4n) is 4.48. The fourth-order valence-corrected chi connectivity index (χ4v) is 4.48. The molecule has 0 aromatic heterocycles. The van der Waals surface area contributed by atoms with E-state index in [1.165, 1.54) is 64.6 Å². The van der Waals surface area contributed by atoms with Gasteiger partial charge in [-0.2, -0.15) is 0 Å². The van der Waals surface area contributed by atoms with Crippen molar-refractivity contribution in [3.63, 3.8) is 0 Å². The second-order valence-electron chi connectivity index (χ2n) is 6.80. The van der Waals surface area contributed by atoms with Crippen LogP contribution < -0.4 is 5.73 Å². The molecule has 3 fully saturated rings. The number of nitrogens with two attached hydrogens (primary N) is 1. The molecule has 1 aliphatic carbocycles. The van der Waals surface area contributed by atoms with Crippen LogP contribution >= 0.6 is 0 Å². The summed E-state index contributed by atoms with van der Waals surface area (Å²) in [6.07, 6.45) is 9.43. The van der Waals surface area contributed by atoms with Crippen LogP contribution in [-0.4, -0.2) is 54.6 Å². The number of nitrogens with zero attached hydrogens (tertiary/aromatic N) is 2. The highest BCUT2D eigenvalue weighted by Crippen LogP contribution is 2.32. The average molecular weight is 251 g/mol. The van der Waals surface area contributed by atoms with E-state index in [1.54, 1.807) is 0 Å². The van der Waals surface area contributed by atoms with Crippen molar-refractivity contribution >= 4 is 0 Å². The Morgan fingerprint density at radius 3 is 2.50 bits per heavy atom. The SMILES string of the molecule is CN1CCCC2CN(C3CCC(N)CC3)CCC21. The van der Waals surface area contributed by atoms with E-state index >= 15 is 0 Å². The van der Waals surface area contributed by atoms with Crippen molar-refractivity contribution in [2.75, 3.05) is 26.7 Å². The first-order chi connectivity index (χ1) is 8.74. The quantitative estimate of drug-likeness (QED) is 0.769. The van der Waals surface area contributed by atoms with Gasteiger partial charge in [0.15, 0.2) is 0 Å². The Morgan fingerprint density at radius 1 is 0.944 bits per heavy atom. The molecule has 2 saturated heterocycles. The maximum absolute atomic E-state index is 6.03. The molecule has 0 spiro atoms. The van der Waals surface area contributed by atoms with Crippen molar-refractivity contribution in [2.45, 2.75) is 63.1 Å². The van der Waals surface area contributed by atoms with E-state index in [4.69, 9.17) is 5.73 Å². The van der Waals surface area contributed by atoms with Crippen molar-refractivity contribution < 1.29 is 0 Å². The molecule has 2 heterocycles. The summed E-state index contributed by atoms with van der Waals surface area (Å²) in [4.78, 5) is 5.41. The first kappa shape index (κ1) is 12.9. The van der Waals surface area contributed by atoms with Gasteiger partial charge >= 0.3 is 0 Å². The van der Waals surface area contributed by atoms with Gasteiger partial charge in [-0.1, -0.05) is 0 Å². The molecule has 3 heteroatoms. The van der Waals surface area contributed by atoms with E-state index in [0.717, 1.165) is 18.0 Å². The molecule has 0 amide bonds. The zero-order valence-electron chi connectivity index (χ0n) is 11.9. The smallest absolute Gasteiger partial charge is 0.0145 e. The number of fused-ring (bicyclic) bond motifs is 1. The Morgan fingerprint density at radius 2 is 1.72 bits per heavy atom. The lowest BCUT2D eigenvalue weighted by Crippen LogP contribution is -2.55. The van der Waals surface area contributed by atoms with Gasteiger partial charge in [-0.3, -0.25) is 4.90 Å². The Labute approximate surface area is 112 Å². The molecule has 0 aromatic rings. The summed E-state index contributed by atoms with van der Waals surface area (Å²) in [5, 5.41) is 0. The summed E-state index contributed by atoms with van der Waals surface area (Å²) < 4.78 is 0. The normalized spacial score (nSPS) is 43.7. The van der Waals surface area contributed by atoms with Crippen molar-refractivity contribution in [3.05, 3.63) is 0 Å². The van der Waals surface area contributed by atoms with Gasteiger partial charge in [0.2, 0.25) is 0 Å². The zero-order valence-corrected chi connectivity index (χ0v) is 11.9. The summed E-state index contributed by atoms with van der Waals surface area (Å²) in [6.45, 7) is 4.00. The molecular weight excluding hydrogens is 222 g/mol. The van der Waals surface area contributed by atoms with E-state index < -0.39 is 0 Å². The van der Waals surface area contributed by atoms with Gasteiger partial charge < -0.3 is 10.6 Å². The maximum Gasteiger partial charge on any atom is 0.0145 e. The van der Waals surface area contributed by atoms with Gasteiger partial charge in [0.1, 0.15) is 0 Å². The minimum Gasteiger partial charge on any atom is -0.328 e. The lowest BCUT2D eigenvalue weighted by Gasteiger charge is -2.49. The molecule has 0 radical (unpaired) electrons. The van der Waals surface area contributed by atoms with Crippen LogP contribution in [0.2, 0.25) is 0 Å². The lowest BCUT2D eigenvalue weighted by atomic mass is 9.82. The van der Waals surface area contributed by atoms with Gasteiger partial charge in [0, 0.05) is 24.7 Å². The third-order valence-electron chi connectivity index (χ3n) is 5.63. The third-order valence-corrected chi connectivity index (χ3v) is 5.63. The molecular formula is C15H29N3. The molecule has 2 N–H and O–H groups in total. The predicted molar refractivity (Wildman–Crippen MR) is 75.6 cm³/mol. The van der Waals surface area contributed by atoms with Gasteiger partial charge in [-0.25, -0.2) is 0 Å². The average Bonchev–Trinajstić information content (AvgIpc) is 2.39. The number of piperidine rings is 2. The maximum atomic E-state index is 6.03. The molecule has 0 aromatic carbocycles. The van der Waals surface area contributed by atoms with Crippen LogP contribution in [0.15, 0.2) is 0 Å². The first-order valence-corrected chi connectivity index (χ1v) is 7.94. The minimum absolute atomic E-state index is 0.486. The van der Waals surface area contributed by atoms with E-state index in [-0.39, 0.29) is 0 Å². The molecule has 2 aliphatic heterocycles. The Balaban J connectivity index is 1.57. The van der Waals surface area contributed by atoms with Gasteiger partial charge in [0.25, 0.3) is 0 Å². The van der Waals surface area contributed by atoms with E-state index in [1.807, 2.05) is 0 Å². The van der Waals surface area contributed by atoms with Crippen LogP contribution in [0, 0.1) is 5.92 Å². The Kier molecular flexibility index (Phi) is 3.92. The second kappa shape index (κ2) is 5.48. The molecule has 3 rings (SSSR count). The number of likely N-dealkylation sites (tertiary alicyclic amines) is 2. The van der Waals surface area contributed by atoms with Crippen LogP contribution in [0.25, 0.3) is 0 Å². The fraction of sp³-hybridized carbons (Fsp3) is 1.00. The highest BCUT2D eigenvalue weighted by atomic mass is 15.2. The van der Waals surface area contributed by atoms with Crippen LogP contribution in [0.3, 0.4) is 0 Å². The largest absolute Gasteiger partial charge is 0.328 e. The molecule has 18 heavy (non-hydrogen) atoms. The van der Waals surface area contributed by atoms with E-state index in [9.17, 15) is 0 Å². The predicted octanol–water partition coefficient (Wildman–Crippen LogP) is 1.67. The molecule has 2 unspecified atom stereocenters. The van der Waals surface area contributed by atoms with Gasteiger partial charge in [-0.15, -0.1) is 0 Å². The van der Waals surface area contributed by atoms with Crippen molar-refractivity contribution in [2.24, 2.45) is 11.7 Å². The molecule has 1 saturated carbocycles. The van der Waals surface area contributed by atoms with Crippen LogP contribution in [0.5, 0.6) is 0 Å². The zero-order chi connectivity index (χ0) is 12.5. The number of rotatable bonds is 1. The minimum atomic E-state index is 0.486. The molecule has 104 valence electrons. The first-order valence-electron chi connectivity index (χ1n) is 7.94. The summed E-state index contributed by atoms with van der Waals surface area (Å²) in [6, 6.07) is 2.21. The van der Waals surface area contributed by atoms with Crippen molar-refractivity contribution in [1.29, 1.82) is 0 Å². The standard InChI is InChI=1S/C15H29N3/c1-17-9-2-3-12-11-18(10-8-15(12)17)14-6-4-13(16)5-7-14/h12-15H,2-11,16H2,1H3. The monoisotopic (exact) mass is 251 g/mol. The van der Waals surface area contributed by atoms with Gasteiger partial charge in [0.05, 0.1) is 0 Å². The van der Waals surface area contributed by atoms with Crippen LogP contribution in [0.4, 0.5) is 0 Å². The number of hydrogen-bond donors (Lipinski definition) is 1. The van der Waals surface area contributed by atoms with E-state index in [0.29, 0.717) is 6.04 Å². The highest BCUT2D eigenvalue weighted by Gasteiger charge is 2.36. The molecule has 2 atom stereocenters. The van der Waals surface area contributed by atoms with Crippen LogP contribution in [0.1, 0.15) is 44.9 Å². The van der Waals surface area contributed by atoms with Crippen molar-refractivity contribution in [3.8, 4) is 0 Å². The van der Waals surface area contributed by atoms with E-state index in [2.05, 4.69) is 16.8 Å². The summed E-state index contributed by atoms with van der Waals surface area (Å²) in [5.74, 6) is 0.938. The lowest BCUT2D eigenvalue weighted by molar-refractivity contribution is 0.0115. The van der Waals surface area contributed by atoms with Crippen LogP contribution in [-0.2, 0) is 0 Å². The second-order valence-corrected chi connectivity index (χ2v) is 6.80. The summed E-state index contributed by atoms with van der Waals surface area (Å²) in [7, 11) is 2.33. The summed E-state index contributed by atoms with van der Waals surface area (Å²) >= 11 is 0. The molecule has 3 aliphatic rings. The molecule has 0 bridgehead atoms. The van der Waals surface area contributed by atoms with Crippen molar-refractivity contribution in [1.82, 2.24) is 9.80 Å². The van der Waals surface area contributed by atoms with Gasteiger partial charge in [-0.05, 0) is 71.0 Å². The highest BCUT2D eigenvalue weighted by molar-refractivity contribution is 4.92. The number of hydrogen-bond acceptors (Lipinski definition) is 3. The Hall–Kier alpha value is -0.120. The topological polar surface area (TPSA) is 32.5 Å². The Bertz CT molecular complexity index is 273. The summed E-state index contributed by atoms with van der Waals surface area (Å²) in [5.41, 5.74) is 6.03. The molecule has 3 nitrogen and oxygen atoms in total.